The molecule has 5 heteroatoms. The molecule has 0 radical (unpaired) electrons. The Morgan fingerprint density at radius 2 is 2.32 bits per heavy atom. The molecule has 1 N–H and O–H groups in total. The van der Waals surface area contributed by atoms with Crippen LogP contribution in [0.5, 0.6) is 0 Å². The highest BCUT2D eigenvalue weighted by Crippen LogP contribution is 2.33. The Hall–Kier alpha value is -1.91. The number of anilines is 1. The zero-order valence-corrected chi connectivity index (χ0v) is 11.3. The predicted molar refractivity (Wildman–Crippen MR) is 73.6 cm³/mol. The summed E-state index contributed by atoms with van der Waals surface area (Å²) >= 11 is 0. The van der Waals surface area contributed by atoms with Crippen molar-refractivity contribution >= 4 is 11.7 Å². The van der Waals surface area contributed by atoms with Gasteiger partial charge in [0.25, 0.3) is 0 Å². The van der Waals surface area contributed by atoms with Crippen molar-refractivity contribution in [3.63, 3.8) is 0 Å². The van der Waals surface area contributed by atoms with Crippen LogP contribution < -0.4 is 4.90 Å². The summed E-state index contributed by atoms with van der Waals surface area (Å²) in [7, 11) is 0. The first-order valence-electron chi connectivity index (χ1n) is 6.52. The van der Waals surface area contributed by atoms with Crippen LogP contribution in [0.2, 0.25) is 0 Å². The van der Waals surface area contributed by atoms with Crippen molar-refractivity contribution < 1.29 is 9.90 Å². The van der Waals surface area contributed by atoms with Gasteiger partial charge in [-0.2, -0.15) is 0 Å². The van der Waals surface area contributed by atoms with E-state index in [1.807, 2.05) is 18.7 Å². The van der Waals surface area contributed by atoms with Gasteiger partial charge in [-0.25, -0.2) is 14.8 Å². The van der Waals surface area contributed by atoms with E-state index in [2.05, 4.69) is 16.5 Å². The topological polar surface area (TPSA) is 66.3 Å². The largest absolute Gasteiger partial charge is 0.476 e. The maximum Gasteiger partial charge on any atom is 0.356 e. The molecule has 0 atom stereocenters. The van der Waals surface area contributed by atoms with E-state index in [9.17, 15) is 9.90 Å². The molecular weight excluding hydrogens is 242 g/mol. The van der Waals surface area contributed by atoms with Crippen molar-refractivity contribution in [1.82, 2.24) is 9.97 Å². The van der Waals surface area contributed by atoms with Gasteiger partial charge < -0.3 is 10.0 Å². The third-order valence-electron chi connectivity index (χ3n) is 3.13. The van der Waals surface area contributed by atoms with Gasteiger partial charge in [-0.1, -0.05) is 19.9 Å². The van der Waals surface area contributed by atoms with Gasteiger partial charge >= 0.3 is 5.97 Å². The van der Waals surface area contributed by atoms with Crippen molar-refractivity contribution in [2.45, 2.75) is 38.6 Å². The lowest BCUT2D eigenvalue weighted by molar-refractivity contribution is 0.0690. The van der Waals surface area contributed by atoms with Crippen LogP contribution in [0.3, 0.4) is 0 Å². The minimum atomic E-state index is -1.01. The summed E-state index contributed by atoms with van der Waals surface area (Å²) in [5.74, 6) is -0.328. The molecule has 0 saturated heterocycles. The molecule has 1 heterocycles. The molecule has 0 aromatic carbocycles. The second-order valence-electron chi connectivity index (χ2n) is 5.09. The first kappa shape index (κ1) is 13.5. The highest BCUT2D eigenvalue weighted by Gasteiger charge is 2.31. The fraction of sp³-hybridized carbons (Fsp3) is 0.500. The zero-order chi connectivity index (χ0) is 14.0. The van der Waals surface area contributed by atoms with Crippen LogP contribution in [0.1, 0.15) is 48.9 Å². The quantitative estimate of drug-likeness (QED) is 0.797. The first-order chi connectivity index (χ1) is 9.04. The molecule has 2 rings (SSSR count). The van der Waals surface area contributed by atoms with Crippen molar-refractivity contribution in [1.29, 1.82) is 0 Å². The Balaban J connectivity index is 2.42. The number of rotatable bonds is 6. The maximum atomic E-state index is 11.4. The van der Waals surface area contributed by atoms with Gasteiger partial charge in [-0.15, -0.1) is 6.58 Å². The van der Waals surface area contributed by atoms with Gasteiger partial charge in [0.2, 0.25) is 0 Å². The summed E-state index contributed by atoms with van der Waals surface area (Å²) in [5.41, 5.74) is 0.687. The molecule has 1 saturated carbocycles. The molecule has 0 aliphatic heterocycles. The maximum absolute atomic E-state index is 11.4. The van der Waals surface area contributed by atoms with Crippen molar-refractivity contribution in [3.05, 3.63) is 30.4 Å². The summed E-state index contributed by atoms with van der Waals surface area (Å²) in [6, 6.07) is 0.393. The number of aromatic nitrogens is 2. The summed E-state index contributed by atoms with van der Waals surface area (Å²) < 4.78 is 0. The van der Waals surface area contributed by atoms with E-state index < -0.39 is 5.97 Å². The Morgan fingerprint density at radius 1 is 1.63 bits per heavy atom. The molecule has 5 nitrogen and oxygen atoms in total. The van der Waals surface area contributed by atoms with E-state index in [4.69, 9.17) is 0 Å². The number of carboxylic acids is 1. The lowest BCUT2D eigenvalue weighted by Crippen LogP contribution is -2.28. The van der Waals surface area contributed by atoms with E-state index in [1.165, 1.54) is 0 Å². The number of hydrogen-bond donors (Lipinski definition) is 1. The van der Waals surface area contributed by atoms with Crippen LogP contribution in [0.4, 0.5) is 5.69 Å². The monoisotopic (exact) mass is 261 g/mol. The molecule has 1 aromatic heterocycles. The van der Waals surface area contributed by atoms with E-state index in [1.54, 1.807) is 12.3 Å². The van der Waals surface area contributed by atoms with Gasteiger partial charge in [0.1, 0.15) is 5.82 Å². The third kappa shape index (κ3) is 2.92. The lowest BCUT2D eigenvalue weighted by Gasteiger charge is -2.24. The van der Waals surface area contributed by atoms with E-state index in [0.29, 0.717) is 24.1 Å². The number of nitrogens with zero attached hydrogens (tertiary/aromatic N) is 3. The molecule has 0 unspecified atom stereocenters. The van der Waals surface area contributed by atoms with Crippen LogP contribution >= 0.6 is 0 Å². The normalized spacial score (nSPS) is 14.5. The average molecular weight is 261 g/mol. The van der Waals surface area contributed by atoms with Crippen LogP contribution in [-0.4, -0.2) is 33.6 Å². The minimum Gasteiger partial charge on any atom is -0.476 e. The van der Waals surface area contributed by atoms with Crippen molar-refractivity contribution in [2.24, 2.45) is 0 Å². The molecule has 1 aliphatic carbocycles. The number of hydrogen-bond acceptors (Lipinski definition) is 4. The molecule has 0 spiro atoms. The minimum absolute atomic E-state index is 0.0902. The van der Waals surface area contributed by atoms with Crippen LogP contribution in [-0.2, 0) is 0 Å². The summed E-state index contributed by atoms with van der Waals surface area (Å²) in [4.78, 5) is 21.9. The number of aromatic carboxylic acids is 1. The molecule has 0 amide bonds. The van der Waals surface area contributed by atoms with Gasteiger partial charge in [-0.05, 0) is 12.8 Å². The molecule has 1 aliphatic rings. The Kier molecular flexibility index (Phi) is 3.83. The Labute approximate surface area is 113 Å². The fourth-order valence-corrected chi connectivity index (χ4v) is 2.00. The highest BCUT2D eigenvalue weighted by molar-refractivity contribution is 5.92. The SMILES string of the molecule is C=CCN(c1cnc(C(C)C)nc1C(=O)O)C1CC1. The molecular formula is C14H19N3O2. The first-order valence-corrected chi connectivity index (χ1v) is 6.52. The Morgan fingerprint density at radius 3 is 2.79 bits per heavy atom. The van der Waals surface area contributed by atoms with Gasteiger partial charge in [0.15, 0.2) is 5.69 Å². The number of carboxylic acid groups (broad SMARTS) is 1. The van der Waals surface area contributed by atoms with E-state index in [0.717, 1.165) is 12.8 Å². The van der Waals surface area contributed by atoms with Gasteiger partial charge in [-0.3, -0.25) is 0 Å². The molecule has 102 valence electrons. The van der Waals surface area contributed by atoms with Gasteiger partial charge in [0.05, 0.1) is 11.9 Å². The van der Waals surface area contributed by atoms with Crippen LogP contribution in [0, 0.1) is 0 Å². The zero-order valence-electron chi connectivity index (χ0n) is 11.3. The van der Waals surface area contributed by atoms with E-state index in [-0.39, 0.29) is 11.6 Å². The summed E-state index contributed by atoms with van der Waals surface area (Å²) in [5, 5.41) is 9.35. The van der Waals surface area contributed by atoms with Crippen molar-refractivity contribution in [2.75, 3.05) is 11.4 Å². The second kappa shape index (κ2) is 5.38. The molecule has 19 heavy (non-hydrogen) atoms. The van der Waals surface area contributed by atoms with E-state index >= 15 is 0 Å². The van der Waals surface area contributed by atoms with Gasteiger partial charge in [0, 0.05) is 18.5 Å². The summed E-state index contributed by atoms with van der Waals surface area (Å²) in [6.07, 6.45) is 5.57. The smallest absolute Gasteiger partial charge is 0.356 e. The predicted octanol–water partition coefficient (Wildman–Crippen LogP) is 2.45. The highest BCUT2D eigenvalue weighted by atomic mass is 16.4. The second-order valence-corrected chi connectivity index (χ2v) is 5.09. The Bertz CT molecular complexity index is 495. The molecule has 1 fully saturated rings. The lowest BCUT2D eigenvalue weighted by atomic mass is 10.2. The molecule has 0 bridgehead atoms. The molecule has 1 aromatic rings. The average Bonchev–Trinajstić information content (AvgIpc) is 3.19. The standard InChI is InChI=1S/C14H19N3O2/c1-4-7-17(10-5-6-10)11-8-15-13(9(2)3)16-12(11)14(18)19/h4,8-10H,1,5-7H2,2-3H3,(H,18,19). The summed E-state index contributed by atoms with van der Waals surface area (Å²) in [6.45, 7) is 8.24. The van der Waals surface area contributed by atoms with Crippen molar-refractivity contribution in [3.8, 4) is 0 Å². The fourth-order valence-electron chi connectivity index (χ4n) is 2.00. The third-order valence-corrected chi connectivity index (χ3v) is 3.13. The van der Waals surface area contributed by atoms with Crippen LogP contribution in [0.15, 0.2) is 18.9 Å². The van der Waals surface area contributed by atoms with Crippen LogP contribution in [0.25, 0.3) is 0 Å². The number of carbonyl (C=O) groups is 1.